The molecule has 3 aromatic heterocycles. The zero-order valence-corrected chi connectivity index (χ0v) is 33.1. The van der Waals surface area contributed by atoms with E-state index in [1.54, 1.807) is 0 Å². The summed E-state index contributed by atoms with van der Waals surface area (Å²) in [5.41, 5.74) is 10.6. The van der Waals surface area contributed by atoms with Gasteiger partial charge in [0, 0.05) is 47.6 Å². The van der Waals surface area contributed by atoms with Gasteiger partial charge in [0.15, 0.2) is 17.5 Å². The highest BCUT2D eigenvalue weighted by Crippen LogP contribution is 2.41. The molecule has 12 aromatic rings. The highest BCUT2D eigenvalue weighted by molar-refractivity contribution is 7.25. The van der Waals surface area contributed by atoms with Crippen molar-refractivity contribution in [3.8, 4) is 62.1 Å². The molecule has 0 aliphatic carbocycles. The van der Waals surface area contributed by atoms with Crippen molar-refractivity contribution in [1.82, 2.24) is 19.5 Å². The molecule has 0 atom stereocenters. The molecule has 0 N–H and O–H groups in total. The summed E-state index contributed by atoms with van der Waals surface area (Å²) in [5, 5.41) is 7.48. The number of fused-ring (bicyclic) bond motifs is 8. The summed E-state index contributed by atoms with van der Waals surface area (Å²) in [7, 11) is 0. The Balaban J connectivity index is 1.06. The Morgan fingerprint density at radius 1 is 0.333 bits per heavy atom. The van der Waals surface area contributed by atoms with Crippen LogP contribution >= 0.6 is 11.3 Å². The summed E-state index contributed by atoms with van der Waals surface area (Å²) in [4.78, 5) is 15.7. The Hall–Kier alpha value is -7.73. The predicted molar refractivity (Wildman–Crippen MR) is 252 cm³/mol. The first-order valence-corrected chi connectivity index (χ1v) is 21.0. The molecule has 280 valence electrons. The molecule has 4 nitrogen and oxygen atoms in total. The van der Waals surface area contributed by atoms with Crippen LogP contribution in [-0.2, 0) is 0 Å². The van der Waals surface area contributed by atoms with Gasteiger partial charge < -0.3 is 4.57 Å². The van der Waals surface area contributed by atoms with E-state index in [1.807, 2.05) is 29.5 Å². The van der Waals surface area contributed by atoms with Crippen molar-refractivity contribution in [3.05, 3.63) is 206 Å². The standard InChI is InChI=1S/C55H34N4S/c1-3-13-35(14-4-1)40-28-31-46(49(33-40)59-47-21-11-9-20-45(47)52-42-18-8-7-15-37(42)29-32-48(52)59)55-57-53(38-16-5-2-6-17-38)56-54(58-55)39-25-23-36(24-26-39)41-27-30-44-43-19-10-12-22-50(43)60-51(44)34-41/h1-34H. The van der Waals surface area contributed by atoms with Crippen molar-refractivity contribution in [1.29, 1.82) is 0 Å². The maximum absolute atomic E-state index is 5.32. The van der Waals surface area contributed by atoms with Gasteiger partial charge in [-0.1, -0.05) is 170 Å². The maximum atomic E-state index is 5.32. The molecule has 0 spiro atoms. The molecule has 0 saturated carbocycles. The molecule has 0 unspecified atom stereocenters. The third-order valence-electron chi connectivity index (χ3n) is 11.7. The number of hydrogen-bond donors (Lipinski definition) is 0. The van der Waals surface area contributed by atoms with Gasteiger partial charge in [0.1, 0.15) is 0 Å². The fraction of sp³-hybridized carbons (Fsp3) is 0. The number of nitrogens with zero attached hydrogens (tertiary/aromatic N) is 4. The molecule has 0 saturated heterocycles. The lowest BCUT2D eigenvalue weighted by molar-refractivity contribution is 1.06. The first kappa shape index (κ1) is 34.3. The van der Waals surface area contributed by atoms with E-state index in [4.69, 9.17) is 15.0 Å². The minimum atomic E-state index is 0.611. The average molecular weight is 783 g/mol. The van der Waals surface area contributed by atoms with Gasteiger partial charge in [0.05, 0.1) is 16.7 Å². The molecule has 0 amide bonds. The summed E-state index contributed by atoms with van der Waals surface area (Å²) < 4.78 is 4.99. The summed E-state index contributed by atoms with van der Waals surface area (Å²) in [6.07, 6.45) is 0. The zero-order valence-electron chi connectivity index (χ0n) is 32.3. The van der Waals surface area contributed by atoms with Crippen LogP contribution in [0.15, 0.2) is 206 Å². The van der Waals surface area contributed by atoms with E-state index in [1.165, 1.54) is 47.3 Å². The lowest BCUT2D eigenvalue weighted by Gasteiger charge is -2.16. The van der Waals surface area contributed by atoms with Gasteiger partial charge in [-0.2, -0.15) is 0 Å². The third-order valence-corrected chi connectivity index (χ3v) is 12.8. The average Bonchev–Trinajstić information content (AvgIpc) is 3.87. The minimum Gasteiger partial charge on any atom is -0.308 e. The number of hydrogen-bond acceptors (Lipinski definition) is 4. The lowest BCUT2D eigenvalue weighted by atomic mass is 10.0. The Kier molecular flexibility index (Phi) is 8.00. The minimum absolute atomic E-state index is 0.611. The van der Waals surface area contributed by atoms with Crippen LogP contribution in [0.25, 0.3) is 115 Å². The normalized spacial score (nSPS) is 11.7. The monoisotopic (exact) mass is 782 g/mol. The summed E-state index contributed by atoms with van der Waals surface area (Å²) in [6, 6.07) is 73.3. The molecule has 0 fully saturated rings. The Bertz CT molecular complexity index is 3590. The van der Waals surface area contributed by atoms with Crippen LogP contribution in [0.2, 0.25) is 0 Å². The number of benzene rings is 9. The molecular formula is C55H34N4S. The van der Waals surface area contributed by atoms with Gasteiger partial charge in [0.25, 0.3) is 0 Å². The number of rotatable bonds is 6. The van der Waals surface area contributed by atoms with Crippen LogP contribution < -0.4 is 0 Å². The molecular weight excluding hydrogens is 749 g/mol. The van der Waals surface area contributed by atoms with Crippen molar-refractivity contribution in [2.24, 2.45) is 0 Å². The Labute approximate surface area is 350 Å². The number of para-hydroxylation sites is 1. The van der Waals surface area contributed by atoms with Gasteiger partial charge in [-0.15, -0.1) is 11.3 Å². The molecule has 0 bridgehead atoms. The highest BCUT2D eigenvalue weighted by Gasteiger charge is 2.21. The largest absolute Gasteiger partial charge is 0.308 e. The van der Waals surface area contributed by atoms with Gasteiger partial charge in [-0.3, -0.25) is 0 Å². The van der Waals surface area contributed by atoms with Crippen LogP contribution in [0, 0.1) is 0 Å². The third kappa shape index (κ3) is 5.70. The summed E-state index contributed by atoms with van der Waals surface area (Å²) >= 11 is 1.84. The molecule has 60 heavy (non-hydrogen) atoms. The maximum Gasteiger partial charge on any atom is 0.166 e. The van der Waals surface area contributed by atoms with Crippen molar-refractivity contribution < 1.29 is 0 Å². The van der Waals surface area contributed by atoms with E-state index in [0.29, 0.717) is 17.5 Å². The van der Waals surface area contributed by atoms with Crippen LogP contribution in [-0.4, -0.2) is 19.5 Å². The SMILES string of the molecule is c1ccc(-c2ccc(-c3nc(-c4ccccc4)nc(-c4ccc(-c5ccc6c(c5)sc5ccccc56)cc4)n3)c(-n3c4ccccc4c4c5ccccc5ccc43)c2)cc1. The zero-order chi connectivity index (χ0) is 39.6. The van der Waals surface area contributed by atoms with Gasteiger partial charge in [0.2, 0.25) is 0 Å². The molecule has 3 heterocycles. The lowest BCUT2D eigenvalue weighted by Crippen LogP contribution is -2.04. The topological polar surface area (TPSA) is 43.6 Å². The predicted octanol–water partition coefficient (Wildman–Crippen LogP) is 14.8. The van der Waals surface area contributed by atoms with Crippen molar-refractivity contribution in [2.45, 2.75) is 0 Å². The fourth-order valence-corrected chi connectivity index (χ4v) is 9.92. The van der Waals surface area contributed by atoms with Crippen LogP contribution in [0.3, 0.4) is 0 Å². The van der Waals surface area contributed by atoms with E-state index in [9.17, 15) is 0 Å². The van der Waals surface area contributed by atoms with Crippen molar-refractivity contribution >= 4 is 64.1 Å². The van der Waals surface area contributed by atoms with E-state index < -0.39 is 0 Å². The van der Waals surface area contributed by atoms with Crippen LogP contribution in [0.4, 0.5) is 0 Å². The van der Waals surface area contributed by atoms with E-state index in [0.717, 1.165) is 50.1 Å². The molecule has 0 radical (unpaired) electrons. The van der Waals surface area contributed by atoms with Gasteiger partial charge in [-0.05, 0) is 69.4 Å². The van der Waals surface area contributed by atoms with Crippen molar-refractivity contribution in [3.63, 3.8) is 0 Å². The molecule has 0 aliphatic rings. The summed E-state index contributed by atoms with van der Waals surface area (Å²) in [5.74, 6) is 1.86. The molecule has 0 aliphatic heterocycles. The van der Waals surface area contributed by atoms with Gasteiger partial charge in [-0.25, -0.2) is 15.0 Å². The second-order valence-corrected chi connectivity index (χ2v) is 16.3. The second-order valence-electron chi connectivity index (χ2n) is 15.2. The number of thiophene rings is 1. The smallest absolute Gasteiger partial charge is 0.166 e. The van der Waals surface area contributed by atoms with E-state index >= 15 is 0 Å². The highest BCUT2D eigenvalue weighted by atomic mass is 32.1. The van der Waals surface area contributed by atoms with Gasteiger partial charge >= 0.3 is 0 Å². The first-order chi connectivity index (χ1) is 29.7. The van der Waals surface area contributed by atoms with E-state index in [2.05, 4.69) is 193 Å². The molecule has 9 aromatic carbocycles. The number of aromatic nitrogens is 4. The fourth-order valence-electron chi connectivity index (χ4n) is 8.77. The molecule has 12 rings (SSSR count). The summed E-state index contributed by atoms with van der Waals surface area (Å²) in [6.45, 7) is 0. The first-order valence-electron chi connectivity index (χ1n) is 20.2. The Morgan fingerprint density at radius 2 is 0.883 bits per heavy atom. The van der Waals surface area contributed by atoms with E-state index in [-0.39, 0.29) is 0 Å². The van der Waals surface area contributed by atoms with Crippen LogP contribution in [0.1, 0.15) is 0 Å². The Morgan fingerprint density at radius 3 is 1.68 bits per heavy atom. The quantitative estimate of drug-likeness (QED) is 0.169. The van der Waals surface area contributed by atoms with Crippen LogP contribution in [0.5, 0.6) is 0 Å². The second kappa shape index (κ2) is 14.0. The molecule has 5 heteroatoms. The van der Waals surface area contributed by atoms with Crippen molar-refractivity contribution in [2.75, 3.05) is 0 Å².